The van der Waals surface area contributed by atoms with Gasteiger partial charge in [-0.1, -0.05) is 35.3 Å². The Balaban J connectivity index is 1.53. The Labute approximate surface area is 170 Å². The summed E-state index contributed by atoms with van der Waals surface area (Å²) >= 11 is 12.3. The molecule has 4 aromatic rings. The molecule has 140 valence electrons. The van der Waals surface area contributed by atoms with Crippen LogP contribution < -0.4 is 10.1 Å². The summed E-state index contributed by atoms with van der Waals surface area (Å²) in [6.07, 6.45) is 2.74. The van der Waals surface area contributed by atoms with Crippen LogP contribution in [0.4, 0.5) is 15.9 Å². The summed E-state index contributed by atoms with van der Waals surface area (Å²) in [7, 11) is 0. The number of nitrogens with one attached hydrogen (secondary N) is 1. The third-order valence-electron chi connectivity index (χ3n) is 3.97. The minimum Gasteiger partial charge on any atom is -0.487 e. The minimum atomic E-state index is -0.604. The smallest absolute Gasteiger partial charge is 0.213 e. The summed E-state index contributed by atoms with van der Waals surface area (Å²) in [5.41, 5.74) is 2.15. The molecule has 0 unspecified atom stereocenters. The number of hydrogen-bond acceptors (Lipinski definition) is 5. The van der Waals surface area contributed by atoms with E-state index in [-0.39, 0.29) is 0 Å². The normalized spacial score (nSPS) is 10.8. The number of aromatic nitrogens is 3. The SMILES string of the molecule is Fc1cc2c(Nc3ccc(OCc4cccc(Cl)c4)c(Cl)c3)ncnc2cn1. The van der Waals surface area contributed by atoms with Crippen LogP contribution in [0.2, 0.25) is 10.0 Å². The highest BCUT2D eigenvalue weighted by atomic mass is 35.5. The van der Waals surface area contributed by atoms with Gasteiger partial charge in [-0.2, -0.15) is 4.39 Å². The zero-order chi connectivity index (χ0) is 19.5. The van der Waals surface area contributed by atoms with Crippen molar-refractivity contribution in [3.8, 4) is 5.75 Å². The Morgan fingerprint density at radius 1 is 1.00 bits per heavy atom. The highest BCUT2D eigenvalue weighted by Gasteiger charge is 2.09. The second-order valence-corrected chi connectivity index (χ2v) is 6.78. The minimum absolute atomic E-state index is 0.343. The van der Waals surface area contributed by atoms with Gasteiger partial charge < -0.3 is 10.1 Å². The summed E-state index contributed by atoms with van der Waals surface area (Å²) in [4.78, 5) is 11.9. The van der Waals surface area contributed by atoms with Crippen LogP contribution in [0.15, 0.2) is 61.1 Å². The summed E-state index contributed by atoms with van der Waals surface area (Å²) in [6.45, 7) is 0.343. The van der Waals surface area contributed by atoms with Gasteiger partial charge in [0.05, 0.1) is 16.7 Å². The number of pyridine rings is 1. The van der Waals surface area contributed by atoms with Crippen molar-refractivity contribution in [3.05, 3.63) is 82.6 Å². The van der Waals surface area contributed by atoms with Crippen molar-refractivity contribution in [1.82, 2.24) is 15.0 Å². The van der Waals surface area contributed by atoms with E-state index >= 15 is 0 Å². The molecule has 0 radical (unpaired) electrons. The molecular formula is C20H13Cl2FN4O. The lowest BCUT2D eigenvalue weighted by molar-refractivity contribution is 0.306. The second kappa shape index (κ2) is 7.96. The topological polar surface area (TPSA) is 59.9 Å². The molecule has 0 saturated heterocycles. The lowest BCUT2D eigenvalue weighted by Gasteiger charge is -2.12. The van der Waals surface area contributed by atoms with Crippen LogP contribution in [0, 0.1) is 5.95 Å². The molecule has 2 aromatic carbocycles. The lowest BCUT2D eigenvalue weighted by atomic mass is 10.2. The van der Waals surface area contributed by atoms with Crippen molar-refractivity contribution >= 4 is 45.6 Å². The fourth-order valence-corrected chi connectivity index (χ4v) is 3.10. The maximum Gasteiger partial charge on any atom is 0.213 e. The predicted octanol–water partition coefficient (Wildman–Crippen LogP) is 5.79. The molecule has 0 fully saturated rings. The molecule has 4 rings (SSSR count). The molecule has 2 aromatic heterocycles. The number of benzene rings is 2. The molecule has 0 spiro atoms. The van der Waals surface area contributed by atoms with Gasteiger partial charge in [0.25, 0.3) is 0 Å². The van der Waals surface area contributed by atoms with Gasteiger partial charge in [-0.15, -0.1) is 0 Å². The van der Waals surface area contributed by atoms with E-state index in [1.54, 1.807) is 24.3 Å². The fraction of sp³-hybridized carbons (Fsp3) is 0.0500. The first-order chi connectivity index (χ1) is 13.6. The quantitative estimate of drug-likeness (QED) is 0.418. The van der Waals surface area contributed by atoms with Crippen molar-refractivity contribution in [3.63, 3.8) is 0 Å². The summed E-state index contributed by atoms with van der Waals surface area (Å²) in [5.74, 6) is 0.387. The van der Waals surface area contributed by atoms with Gasteiger partial charge in [-0.3, -0.25) is 0 Å². The van der Waals surface area contributed by atoms with Crippen molar-refractivity contribution < 1.29 is 9.13 Å². The van der Waals surface area contributed by atoms with Gasteiger partial charge in [0.1, 0.15) is 24.5 Å². The molecule has 8 heteroatoms. The van der Waals surface area contributed by atoms with E-state index < -0.39 is 5.95 Å². The first-order valence-corrected chi connectivity index (χ1v) is 9.04. The number of ether oxygens (including phenoxy) is 1. The summed E-state index contributed by atoms with van der Waals surface area (Å²) in [6, 6.07) is 14.0. The monoisotopic (exact) mass is 414 g/mol. The predicted molar refractivity (Wildman–Crippen MR) is 108 cm³/mol. The van der Waals surface area contributed by atoms with Crippen LogP contribution >= 0.6 is 23.2 Å². The Morgan fingerprint density at radius 3 is 2.71 bits per heavy atom. The average Bonchev–Trinajstić information content (AvgIpc) is 2.68. The molecule has 0 saturated carbocycles. The molecule has 1 N–H and O–H groups in total. The van der Waals surface area contributed by atoms with Gasteiger partial charge in [-0.25, -0.2) is 15.0 Å². The van der Waals surface area contributed by atoms with Gasteiger partial charge >= 0.3 is 0 Å². The van der Waals surface area contributed by atoms with Gasteiger partial charge in [0, 0.05) is 22.2 Å². The largest absolute Gasteiger partial charge is 0.487 e. The number of nitrogens with zero attached hydrogens (tertiary/aromatic N) is 3. The van der Waals surface area contributed by atoms with Crippen LogP contribution in [-0.4, -0.2) is 15.0 Å². The number of halogens is 3. The van der Waals surface area contributed by atoms with Crippen LogP contribution in [-0.2, 0) is 6.61 Å². The molecule has 0 aliphatic rings. The third-order valence-corrected chi connectivity index (χ3v) is 4.50. The number of anilines is 2. The molecular weight excluding hydrogens is 402 g/mol. The van der Waals surface area contributed by atoms with Crippen molar-refractivity contribution in [2.45, 2.75) is 6.61 Å². The average molecular weight is 415 g/mol. The standard InChI is InChI=1S/C20H13Cl2FN4O/c21-13-3-1-2-12(6-13)10-28-18-5-4-14(7-16(18)22)27-20-15-8-19(23)24-9-17(15)25-11-26-20/h1-9,11H,10H2,(H,25,26,27). The zero-order valence-corrected chi connectivity index (χ0v) is 15.9. The zero-order valence-electron chi connectivity index (χ0n) is 14.4. The van der Waals surface area contributed by atoms with Crippen molar-refractivity contribution in [1.29, 1.82) is 0 Å². The maximum atomic E-state index is 13.5. The Kier molecular flexibility index (Phi) is 5.23. The molecule has 0 amide bonds. The van der Waals surface area contributed by atoms with Crippen LogP contribution in [0.25, 0.3) is 10.9 Å². The first-order valence-electron chi connectivity index (χ1n) is 8.28. The third kappa shape index (κ3) is 4.13. The molecule has 0 aliphatic carbocycles. The van der Waals surface area contributed by atoms with Crippen LogP contribution in [0.3, 0.4) is 0 Å². The molecule has 5 nitrogen and oxygen atoms in total. The maximum absolute atomic E-state index is 13.5. The van der Waals surface area contributed by atoms with Gasteiger partial charge in [0.15, 0.2) is 0 Å². The van der Waals surface area contributed by atoms with E-state index in [1.807, 2.05) is 18.2 Å². The van der Waals surface area contributed by atoms with Crippen molar-refractivity contribution in [2.75, 3.05) is 5.32 Å². The van der Waals surface area contributed by atoms with E-state index in [4.69, 9.17) is 27.9 Å². The van der Waals surface area contributed by atoms with E-state index in [1.165, 1.54) is 18.6 Å². The molecule has 0 aliphatic heterocycles. The molecule has 0 bridgehead atoms. The highest BCUT2D eigenvalue weighted by Crippen LogP contribution is 2.31. The van der Waals surface area contributed by atoms with E-state index in [0.29, 0.717) is 44.8 Å². The van der Waals surface area contributed by atoms with E-state index in [2.05, 4.69) is 20.3 Å². The fourth-order valence-electron chi connectivity index (χ4n) is 2.65. The molecule has 28 heavy (non-hydrogen) atoms. The van der Waals surface area contributed by atoms with Gasteiger partial charge in [0.2, 0.25) is 5.95 Å². The Bertz CT molecular complexity index is 1160. The van der Waals surface area contributed by atoms with Gasteiger partial charge in [-0.05, 0) is 35.9 Å². The summed E-state index contributed by atoms with van der Waals surface area (Å²) < 4.78 is 19.2. The second-order valence-electron chi connectivity index (χ2n) is 5.94. The Hall–Kier alpha value is -2.96. The van der Waals surface area contributed by atoms with Crippen LogP contribution in [0.5, 0.6) is 5.75 Å². The molecule has 2 heterocycles. The van der Waals surface area contributed by atoms with Crippen molar-refractivity contribution in [2.24, 2.45) is 0 Å². The van der Waals surface area contributed by atoms with Crippen LogP contribution in [0.1, 0.15) is 5.56 Å². The molecule has 0 atom stereocenters. The number of hydrogen-bond donors (Lipinski definition) is 1. The number of rotatable bonds is 5. The first kappa shape index (κ1) is 18.4. The number of fused-ring (bicyclic) bond motifs is 1. The highest BCUT2D eigenvalue weighted by molar-refractivity contribution is 6.32. The van der Waals surface area contributed by atoms with E-state index in [0.717, 1.165) is 5.56 Å². The lowest BCUT2D eigenvalue weighted by Crippen LogP contribution is -1.99. The Morgan fingerprint density at radius 2 is 1.89 bits per heavy atom. The summed E-state index contributed by atoms with van der Waals surface area (Å²) in [5, 5.41) is 4.72. The van der Waals surface area contributed by atoms with E-state index in [9.17, 15) is 4.39 Å².